The third-order valence-electron chi connectivity index (χ3n) is 4.22. The van der Waals surface area contributed by atoms with Crippen molar-refractivity contribution in [1.82, 2.24) is 0 Å². The highest BCUT2D eigenvalue weighted by atomic mass is 32.2. The van der Waals surface area contributed by atoms with Crippen LogP contribution in [-0.2, 0) is 0 Å². The molecule has 0 saturated heterocycles. The zero-order valence-electron chi connectivity index (χ0n) is 11.8. The maximum atomic E-state index is 3.55. The van der Waals surface area contributed by atoms with Crippen LogP contribution >= 0.6 is 11.8 Å². The topological polar surface area (TPSA) is 12.0 Å². The first-order valence-electron chi connectivity index (χ1n) is 7.38. The third-order valence-corrected chi connectivity index (χ3v) is 5.38. The van der Waals surface area contributed by atoms with Crippen molar-refractivity contribution in [2.75, 3.05) is 5.32 Å². The van der Waals surface area contributed by atoms with Gasteiger partial charge >= 0.3 is 0 Å². The highest BCUT2D eigenvalue weighted by Crippen LogP contribution is 2.32. The predicted octanol–water partition coefficient (Wildman–Crippen LogP) is 3.87. The summed E-state index contributed by atoms with van der Waals surface area (Å²) in [6.07, 6.45) is 4.61. The Labute approximate surface area is 133 Å². The standard InChI is InChI=1S/C20H13NS/c1-3-7-17-13(5-1)11-15-16-12-14-6-2-4-8-19(14)22-20(16)10-9-18(15)21-17/h1-12,21H. The Morgan fingerprint density at radius 3 is 2.32 bits per heavy atom. The fourth-order valence-electron chi connectivity index (χ4n) is 3.12. The summed E-state index contributed by atoms with van der Waals surface area (Å²) in [5.74, 6) is 0. The van der Waals surface area contributed by atoms with Gasteiger partial charge in [-0.25, -0.2) is 0 Å². The molecule has 0 radical (unpaired) electrons. The van der Waals surface area contributed by atoms with Crippen LogP contribution in [-0.4, -0.2) is 0 Å². The maximum Gasteiger partial charge on any atom is 0.0465 e. The maximum absolute atomic E-state index is 3.55. The summed E-state index contributed by atoms with van der Waals surface area (Å²) in [6, 6.07) is 21.4. The first-order chi connectivity index (χ1) is 10.9. The fourth-order valence-corrected chi connectivity index (χ4v) is 4.17. The van der Waals surface area contributed by atoms with Crippen LogP contribution < -0.4 is 15.8 Å². The second kappa shape index (κ2) is 4.52. The third kappa shape index (κ3) is 1.74. The van der Waals surface area contributed by atoms with E-state index in [-0.39, 0.29) is 0 Å². The van der Waals surface area contributed by atoms with Crippen molar-refractivity contribution in [3.8, 4) is 0 Å². The molecule has 0 unspecified atom stereocenters. The Balaban J connectivity index is 1.86. The van der Waals surface area contributed by atoms with E-state index < -0.39 is 0 Å². The van der Waals surface area contributed by atoms with E-state index in [0.717, 1.165) is 0 Å². The number of nitrogens with one attached hydrogen (secondary N) is 1. The van der Waals surface area contributed by atoms with Crippen molar-refractivity contribution in [2.45, 2.75) is 9.79 Å². The summed E-state index contributed by atoms with van der Waals surface area (Å²) in [5, 5.41) is 6.17. The van der Waals surface area contributed by atoms with Crippen molar-refractivity contribution >= 4 is 35.3 Å². The van der Waals surface area contributed by atoms with Crippen LogP contribution in [0.1, 0.15) is 11.1 Å². The highest BCUT2D eigenvalue weighted by molar-refractivity contribution is 7.99. The molecule has 2 aliphatic rings. The largest absolute Gasteiger partial charge is 0.355 e. The zero-order chi connectivity index (χ0) is 14.5. The van der Waals surface area contributed by atoms with Gasteiger partial charge in [-0.15, -0.1) is 0 Å². The van der Waals surface area contributed by atoms with E-state index in [1.54, 1.807) is 0 Å². The van der Waals surface area contributed by atoms with Crippen molar-refractivity contribution in [2.24, 2.45) is 0 Å². The number of benzene rings is 3. The Bertz CT molecular complexity index is 949. The van der Waals surface area contributed by atoms with Crippen molar-refractivity contribution in [3.05, 3.63) is 82.2 Å². The lowest BCUT2D eigenvalue weighted by atomic mass is 10.0. The number of rotatable bonds is 0. The normalized spacial score (nSPS) is 13.5. The molecule has 0 spiro atoms. The van der Waals surface area contributed by atoms with Crippen molar-refractivity contribution in [3.63, 3.8) is 0 Å². The van der Waals surface area contributed by atoms with Gasteiger partial charge < -0.3 is 5.32 Å². The summed E-state index contributed by atoms with van der Waals surface area (Å²) in [7, 11) is 0. The minimum absolute atomic E-state index is 1.18. The molecule has 0 atom stereocenters. The number of anilines is 2. The van der Waals surface area contributed by atoms with Crippen LogP contribution in [0.15, 0.2) is 70.5 Å². The monoisotopic (exact) mass is 299 g/mol. The van der Waals surface area contributed by atoms with E-state index in [1.807, 2.05) is 11.8 Å². The summed E-state index contributed by atoms with van der Waals surface area (Å²) >= 11 is 1.86. The summed E-state index contributed by atoms with van der Waals surface area (Å²) in [6.45, 7) is 0. The molecule has 2 heteroatoms. The second-order valence-electron chi connectivity index (χ2n) is 5.58. The van der Waals surface area contributed by atoms with Gasteiger partial charge in [-0.2, -0.15) is 0 Å². The van der Waals surface area contributed by atoms with Crippen LogP contribution in [0.5, 0.6) is 0 Å². The molecule has 0 amide bonds. The molecule has 0 fully saturated rings. The minimum atomic E-state index is 1.18. The highest BCUT2D eigenvalue weighted by Gasteiger charge is 2.14. The fraction of sp³-hybridized carbons (Fsp3) is 0. The van der Waals surface area contributed by atoms with Crippen LogP contribution in [0.3, 0.4) is 0 Å². The molecular formula is C20H13NS. The van der Waals surface area contributed by atoms with Crippen molar-refractivity contribution in [1.29, 1.82) is 0 Å². The van der Waals surface area contributed by atoms with Crippen LogP contribution in [0.4, 0.5) is 11.4 Å². The van der Waals surface area contributed by atoms with Gasteiger partial charge in [-0.05, 0) is 52.8 Å². The Morgan fingerprint density at radius 2 is 1.36 bits per heavy atom. The Kier molecular flexibility index (Phi) is 2.49. The van der Waals surface area contributed by atoms with Crippen LogP contribution in [0.25, 0.3) is 12.2 Å². The lowest BCUT2D eigenvalue weighted by Gasteiger charge is -2.19. The molecule has 3 aromatic carbocycles. The SMILES string of the molecule is C1=c2c(ccc3c2=Cc2ccccc2S3)Nc2ccccc21. The molecule has 1 N–H and O–H groups in total. The lowest BCUT2D eigenvalue weighted by molar-refractivity contribution is 1.26. The molecular weight excluding hydrogens is 286 g/mol. The lowest BCUT2D eigenvalue weighted by Crippen LogP contribution is -2.32. The van der Waals surface area contributed by atoms with Gasteiger partial charge in [0.25, 0.3) is 0 Å². The van der Waals surface area contributed by atoms with Gasteiger partial charge in [-0.1, -0.05) is 48.2 Å². The molecule has 2 aliphatic heterocycles. The van der Waals surface area contributed by atoms with Gasteiger partial charge in [0.05, 0.1) is 0 Å². The first-order valence-corrected chi connectivity index (χ1v) is 8.19. The smallest absolute Gasteiger partial charge is 0.0465 e. The van der Waals surface area contributed by atoms with Gasteiger partial charge in [0.1, 0.15) is 0 Å². The molecule has 0 aliphatic carbocycles. The average Bonchev–Trinajstić information content (AvgIpc) is 2.58. The van der Waals surface area contributed by atoms with Gasteiger partial charge in [0, 0.05) is 26.4 Å². The average molecular weight is 299 g/mol. The molecule has 0 aromatic heterocycles. The van der Waals surface area contributed by atoms with Crippen LogP contribution in [0, 0.1) is 0 Å². The van der Waals surface area contributed by atoms with Gasteiger partial charge in [-0.3, -0.25) is 0 Å². The van der Waals surface area contributed by atoms with E-state index in [1.165, 1.54) is 42.7 Å². The van der Waals surface area contributed by atoms with E-state index in [0.29, 0.717) is 0 Å². The van der Waals surface area contributed by atoms with Crippen molar-refractivity contribution < 1.29 is 0 Å². The molecule has 104 valence electrons. The molecule has 22 heavy (non-hydrogen) atoms. The minimum Gasteiger partial charge on any atom is -0.355 e. The second-order valence-corrected chi connectivity index (χ2v) is 6.66. The summed E-state index contributed by atoms with van der Waals surface area (Å²) in [5.41, 5.74) is 4.92. The van der Waals surface area contributed by atoms with E-state index in [9.17, 15) is 0 Å². The zero-order valence-corrected chi connectivity index (χ0v) is 12.7. The van der Waals surface area contributed by atoms with E-state index >= 15 is 0 Å². The number of fused-ring (bicyclic) bond motifs is 5. The van der Waals surface area contributed by atoms with Crippen LogP contribution in [0.2, 0.25) is 0 Å². The summed E-state index contributed by atoms with van der Waals surface area (Å²) < 4.78 is 0. The molecule has 0 bridgehead atoms. The number of hydrogen-bond acceptors (Lipinski definition) is 2. The molecule has 0 saturated carbocycles. The Morgan fingerprint density at radius 1 is 0.591 bits per heavy atom. The number of para-hydroxylation sites is 1. The summed E-state index contributed by atoms with van der Waals surface area (Å²) in [4.78, 5) is 2.66. The molecule has 1 nitrogen and oxygen atoms in total. The number of hydrogen-bond donors (Lipinski definition) is 1. The van der Waals surface area contributed by atoms with Gasteiger partial charge in [0.2, 0.25) is 0 Å². The van der Waals surface area contributed by atoms with Gasteiger partial charge in [0.15, 0.2) is 0 Å². The molecule has 5 rings (SSSR count). The van der Waals surface area contributed by atoms with E-state index in [2.05, 4.69) is 78.1 Å². The molecule has 2 heterocycles. The quantitative estimate of drug-likeness (QED) is 0.466. The predicted molar refractivity (Wildman–Crippen MR) is 93.1 cm³/mol. The van der Waals surface area contributed by atoms with E-state index in [4.69, 9.17) is 0 Å². The molecule has 3 aromatic rings. The Hall–Kier alpha value is -2.45. The first kappa shape index (κ1) is 12.1.